The molecule has 0 atom stereocenters. The van der Waals surface area contributed by atoms with Gasteiger partial charge >= 0.3 is 0 Å². The van der Waals surface area contributed by atoms with Crippen molar-refractivity contribution in [2.24, 2.45) is 0 Å². The van der Waals surface area contributed by atoms with Crippen LogP contribution in [0.1, 0.15) is 13.3 Å². The van der Waals surface area contributed by atoms with Gasteiger partial charge in [-0.1, -0.05) is 18.5 Å². The molecule has 144 valence electrons. The predicted octanol–water partition coefficient (Wildman–Crippen LogP) is 4.07. The van der Waals surface area contributed by atoms with Crippen molar-refractivity contribution in [3.05, 3.63) is 47.2 Å². The summed E-state index contributed by atoms with van der Waals surface area (Å²) < 4.78 is 65.3. The summed E-state index contributed by atoms with van der Waals surface area (Å²) in [5.41, 5.74) is 0.670. The molecule has 3 rings (SSSR count). The van der Waals surface area contributed by atoms with Crippen molar-refractivity contribution in [2.45, 2.75) is 22.6 Å². The van der Waals surface area contributed by atoms with Gasteiger partial charge in [0.25, 0.3) is 10.0 Å². The molecule has 3 aromatic rings. The molecule has 11 heteroatoms. The first kappa shape index (κ1) is 20.0. The molecule has 0 radical (unpaired) electrons. The van der Waals surface area contributed by atoms with Crippen LogP contribution >= 0.6 is 22.9 Å². The number of benzene rings is 2. The van der Waals surface area contributed by atoms with Crippen LogP contribution in [-0.4, -0.2) is 27.6 Å². The quantitative estimate of drug-likeness (QED) is 0.613. The van der Waals surface area contributed by atoms with E-state index >= 15 is 0 Å². The molecule has 0 bridgehead atoms. The van der Waals surface area contributed by atoms with E-state index in [0.717, 1.165) is 29.5 Å². The number of aromatic nitrogens is 1. The van der Waals surface area contributed by atoms with E-state index in [-0.39, 0.29) is 25.7 Å². The van der Waals surface area contributed by atoms with E-state index in [1.54, 1.807) is 6.92 Å². The Morgan fingerprint density at radius 3 is 2.56 bits per heavy atom. The topological polar surface area (TPSA) is 93.2 Å². The first-order chi connectivity index (χ1) is 12.6. The fraction of sp³-hybridized carbons (Fsp3) is 0.188. The lowest BCUT2D eigenvalue weighted by atomic mass is 10.3. The summed E-state index contributed by atoms with van der Waals surface area (Å²) in [7, 11) is -7.50. The summed E-state index contributed by atoms with van der Waals surface area (Å²) in [6, 6.07) is 7.47. The summed E-state index contributed by atoms with van der Waals surface area (Å²) in [6.45, 7) is 1.76. The molecule has 2 aromatic carbocycles. The molecular weight excluding hydrogens is 435 g/mol. The lowest BCUT2D eigenvalue weighted by Gasteiger charge is -2.09. The summed E-state index contributed by atoms with van der Waals surface area (Å²) in [6.07, 6.45) is 0.474. The van der Waals surface area contributed by atoms with Crippen LogP contribution in [-0.2, 0) is 19.9 Å². The van der Waals surface area contributed by atoms with Crippen molar-refractivity contribution >= 4 is 58.7 Å². The molecule has 1 N–H and O–H groups in total. The zero-order valence-electron chi connectivity index (χ0n) is 13.9. The van der Waals surface area contributed by atoms with Crippen molar-refractivity contribution in [3.8, 4) is 0 Å². The number of nitrogens with zero attached hydrogens (tertiary/aromatic N) is 1. The van der Waals surface area contributed by atoms with Crippen LogP contribution in [0.25, 0.3) is 10.2 Å². The molecule has 0 fully saturated rings. The molecule has 0 amide bonds. The van der Waals surface area contributed by atoms with Gasteiger partial charge in [-0.15, -0.1) is 11.3 Å². The Kier molecular flexibility index (Phi) is 5.44. The van der Waals surface area contributed by atoms with Crippen LogP contribution < -0.4 is 4.72 Å². The zero-order chi connectivity index (χ0) is 19.8. The molecule has 27 heavy (non-hydrogen) atoms. The minimum absolute atomic E-state index is 0.000867. The SMILES string of the molecule is CCCS(=O)(=O)c1nc2ccc(NS(=O)(=O)c3ccc(F)cc3Cl)cc2s1. The largest absolute Gasteiger partial charge is 0.280 e. The summed E-state index contributed by atoms with van der Waals surface area (Å²) in [5.74, 6) is -0.652. The maximum atomic E-state index is 13.1. The lowest BCUT2D eigenvalue weighted by molar-refractivity contribution is 0.593. The fourth-order valence-electron chi connectivity index (χ4n) is 2.36. The van der Waals surface area contributed by atoms with Gasteiger partial charge in [-0.25, -0.2) is 26.2 Å². The molecular formula is C16H14ClFN2O4S3. The Morgan fingerprint density at radius 2 is 1.89 bits per heavy atom. The predicted molar refractivity (Wildman–Crippen MR) is 104 cm³/mol. The van der Waals surface area contributed by atoms with Crippen LogP contribution in [0.2, 0.25) is 5.02 Å². The number of sulfonamides is 1. The van der Waals surface area contributed by atoms with E-state index in [1.807, 2.05) is 0 Å². The van der Waals surface area contributed by atoms with Gasteiger partial charge in [0.05, 0.1) is 26.7 Å². The van der Waals surface area contributed by atoms with Gasteiger partial charge in [0.2, 0.25) is 14.2 Å². The monoisotopic (exact) mass is 448 g/mol. The number of rotatable bonds is 6. The zero-order valence-corrected chi connectivity index (χ0v) is 17.1. The lowest BCUT2D eigenvalue weighted by Crippen LogP contribution is -2.13. The second-order valence-electron chi connectivity index (χ2n) is 5.66. The molecule has 0 saturated heterocycles. The number of hydrogen-bond donors (Lipinski definition) is 1. The minimum atomic E-state index is -4.04. The molecule has 0 aliphatic heterocycles. The normalized spacial score (nSPS) is 12.4. The van der Waals surface area contributed by atoms with E-state index < -0.39 is 25.7 Å². The highest BCUT2D eigenvalue weighted by Crippen LogP contribution is 2.30. The van der Waals surface area contributed by atoms with E-state index in [2.05, 4.69) is 9.71 Å². The van der Waals surface area contributed by atoms with E-state index in [4.69, 9.17) is 11.6 Å². The van der Waals surface area contributed by atoms with E-state index in [0.29, 0.717) is 16.6 Å². The van der Waals surface area contributed by atoms with Crippen LogP contribution in [0, 0.1) is 5.82 Å². The number of anilines is 1. The number of nitrogens with one attached hydrogen (secondary N) is 1. The fourth-order valence-corrected chi connectivity index (χ4v) is 6.65. The Labute approximate surface area is 165 Å². The van der Waals surface area contributed by atoms with Crippen molar-refractivity contribution in [1.29, 1.82) is 0 Å². The van der Waals surface area contributed by atoms with Gasteiger partial charge < -0.3 is 0 Å². The molecule has 0 spiro atoms. The van der Waals surface area contributed by atoms with Crippen LogP contribution in [0.15, 0.2) is 45.6 Å². The third kappa shape index (κ3) is 4.23. The summed E-state index contributed by atoms with van der Waals surface area (Å²) in [4.78, 5) is 3.85. The maximum Gasteiger partial charge on any atom is 0.263 e. The Balaban J connectivity index is 1.96. The third-order valence-corrected chi connectivity index (χ3v) is 8.80. The second-order valence-corrected chi connectivity index (χ2v) is 11.0. The molecule has 0 aliphatic rings. The van der Waals surface area contributed by atoms with Gasteiger partial charge in [0.15, 0.2) is 0 Å². The second kappa shape index (κ2) is 7.34. The highest BCUT2D eigenvalue weighted by molar-refractivity contribution is 7.93. The minimum Gasteiger partial charge on any atom is -0.280 e. The van der Waals surface area contributed by atoms with Gasteiger partial charge in [-0.3, -0.25) is 4.72 Å². The summed E-state index contributed by atoms with van der Waals surface area (Å²) >= 11 is 6.80. The highest BCUT2D eigenvalue weighted by atomic mass is 35.5. The third-order valence-electron chi connectivity index (χ3n) is 3.54. The van der Waals surface area contributed by atoms with Gasteiger partial charge in [0, 0.05) is 0 Å². The maximum absolute atomic E-state index is 13.1. The first-order valence-electron chi connectivity index (χ1n) is 7.73. The number of halogens is 2. The average molecular weight is 449 g/mol. The molecule has 0 aliphatic carbocycles. The van der Waals surface area contributed by atoms with Crippen molar-refractivity contribution < 1.29 is 21.2 Å². The standard InChI is InChI=1S/C16H14ClFN2O4S3/c1-2-7-26(21,22)16-19-13-5-4-11(9-14(13)25-16)20-27(23,24)15-6-3-10(18)8-12(15)17/h3-6,8-9,20H,2,7H2,1H3. The van der Waals surface area contributed by atoms with Crippen molar-refractivity contribution in [3.63, 3.8) is 0 Å². The number of sulfone groups is 1. The molecule has 1 heterocycles. The Hall–Kier alpha value is -1.75. The van der Waals surface area contributed by atoms with Crippen molar-refractivity contribution in [2.75, 3.05) is 10.5 Å². The number of fused-ring (bicyclic) bond motifs is 1. The highest BCUT2D eigenvalue weighted by Gasteiger charge is 2.21. The smallest absolute Gasteiger partial charge is 0.263 e. The molecule has 0 unspecified atom stereocenters. The Morgan fingerprint density at radius 1 is 1.15 bits per heavy atom. The van der Waals surface area contributed by atoms with E-state index in [1.165, 1.54) is 18.2 Å². The van der Waals surface area contributed by atoms with Crippen LogP contribution in [0.5, 0.6) is 0 Å². The number of thiazole rings is 1. The van der Waals surface area contributed by atoms with Crippen molar-refractivity contribution in [1.82, 2.24) is 4.98 Å². The first-order valence-corrected chi connectivity index (χ1v) is 12.1. The number of hydrogen-bond acceptors (Lipinski definition) is 6. The molecule has 6 nitrogen and oxygen atoms in total. The van der Waals surface area contributed by atoms with Crippen LogP contribution in [0.3, 0.4) is 0 Å². The van der Waals surface area contributed by atoms with Crippen LogP contribution in [0.4, 0.5) is 10.1 Å². The van der Waals surface area contributed by atoms with E-state index in [9.17, 15) is 21.2 Å². The summed E-state index contributed by atoms with van der Waals surface area (Å²) in [5, 5.41) is -0.241. The van der Waals surface area contributed by atoms with Gasteiger partial charge in [0.1, 0.15) is 10.7 Å². The Bertz CT molecular complexity index is 1220. The van der Waals surface area contributed by atoms with Gasteiger partial charge in [-0.05, 0) is 42.8 Å². The van der Waals surface area contributed by atoms with Gasteiger partial charge in [-0.2, -0.15) is 0 Å². The molecule has 0 saturated carbocycles. The average Bonchev–Trinajstić information content (AvgIpc) is 2.98. The molecule has 1 aromatic heterocycles.